The summed E-state index contributed by atoms with van der Waals surface area (Å²) >= 11 is 4.93. The second kappa shape index (κ2) is 4.17. The molecule has 0 atom stereocenters. The van der Waals surface area contributed by atoms with Crippen molar-refractivity contribution in [2.24, 2.45) is 0 Å². The van der Waals surface area contributed by atoms with Crippen molar-refractivity contribution in [1.29, 1.82) is 0 Å². The molecule has 0 spiro atoms. The van der Waals surface area contributed by atoms with Crippen molar-refractivity contribution in [3.63, 3.8) is 0 Å². The van der Waals surface area contributed by atoms with Crippen LogP contribution in [0.25, 0.3) is 0 Å². The van der Waals surface area contributed by atoms with Crippen LogP contribution in [0, 0.1) is 6.92 Å². The fourth-order valence-electron chi connectivity index (χ4n) is 0.836. The summed E-state index contributed by atoms with van der Waals surface area (Å²) in [6, 6.07) is 0. The molecule has 0 aliphatic carbocycles. The highest BCUT2D eigenvalue weighted by Gasteiger charge is 2.01. The molecule has 0 aliphatic rings. The summed E-state index contributed by atoms with van der Waals surface area (Å²) in [5.74, 6) is 0.888. The Hall–Kier alpha value is -0.460. The molecule has 0 unspecified atom stereocenters. The zero-order chi connectivity index (χ0) is 9.10. The van der Waals surface area contributed by atoms with Crippen LogP contribution in [0.2, 0.25) is 0 Å². The zero-order valence-corrected chi connectivity index (χ0v) is 9.38. The minimum absolute atomic E-state index is 0.888. The number of aryl methyl sites for hydroxylation is 1. The number of thiazole rings is 1. The van der Waals surface area contributed by atoms with Crippen molar-refractivity contribution in [3.05, 3.63) is 21.6 Å². The molecular formula is C7H7N3S3. The number of aromatic nitrogens is 3. The molecule has 2 rings (SSSR count). The van der Waals surface area contributed by atoms with E-state index < -0.39 is 0 Å². The van der Waals surface area contributed by atoms with E-state index in [0.29, 0.717) is 0 Å². The van der Waals surface area contributed by atoms with E-state index in [-0.39, 0.29) is 0 Å². The van der Waals surface area contributed by atoms with Gasteiger partial charge in [0.2, 0.25) is 0 Å². The molecule has 6 heteroatoms. The largest absolute Gasteiger partial charge is 0.246 e. The third kappa shape index (κ3) is 2.49. The SMILES string of the molecule is Cc1nc(CSc2nncs2)cs1. The molecule has 0 N–H and O–H groups in total. The Labute approximate surface area is 88.2 Å². The normalized spacial score (nSPS) is 10.5. The Balaban J connectivity index is 1.93. The van der Waals surface area contributed by atoms with Crippen LogP contribution < -0.4 is 0 Å². The van der Waals surface area contributed by atoms with Crippen LogP contribution in [0.15, 0.2) is 15.2 Å². The van der Waals surface area contributed by atoms with Crippen molar-refractivity contribution in [2.45, 2.75) is 17.0 Å². The number of rotatable bonds is 3. The lowest BCUT2D eigenvalue weighted by Gasteiger charge is -1.90. The van der Waals surface area contributed by atoms with Crippen LogP contribution in [0.4, 0.5) is 0 Å². The molecule has 0 bridgehead atoms. The third-order valence-electron chi connectivity index (χ3n) is 1.35. The molecule has 0 aliphatic heterocycles. The first-order chi connectivity index (χ1) is 6.34. The average molecular weight is 229 g/mol. The van der Waals surface area contributed by atoms with Gasteiger partial charge in [0.1, 0.15) is 5.51 Å². The fourth-order valence-corrected chi connectivity index (χ4v) is 2.94. The van der Waals surface area contributed by atoms with E-state index in [1.807, 2.05) is 6.92 Å². The van der Waals surface area contributed by atoms with Gasteiger partial charge in [0, 0.05) is 11.1 Å². The van der Waals surface area contributed by atoms with Gasteiger partial charge in [-0.3, -0.25) is 0 Å². The predicted molar refractivity (Wildman–Crippen MR) is 56.3 cm³/mol. The quantitative estimate of drug-likeness (QED) is 0.758. The molecule has 0 saturated carbocycles. The summed E-state index contributed by atoms with van der Waals surface area (Å²) in [6.07, 6.45) is 0. The summed E-state index contributed by atoms with van der Waals surface area (Å²) in [7, 11) is 0. The number of hydrogen-bond donors (Lipinski definition) is 0. The van der Waals surface area contributed by atoms with Gasteiger partial charge >= 0.3 is 0 Å². The molecule has 2 aromatic rings. The van der Waals surface area contributed by atoms with Crippen LogP contribution in [0.5, 0.6) is 0 Å². The van der Waals surface area contributed by atoms with Gasteiger partial charge in [-0.2, -0.15) is 0 Å². The Bertz CT molecular complexity index is 368. The Morgan fingerprint density at radius 2 is 2.38 bits per heavy atom. The molecule has 2 aromatic heterocycles. The fraction of sp³-hybridized carbons (Fsp3) is 0.286. The van der Waals surface area contributed by atoms with E-state index in [2.05, 4.69) is 20.6 Å². The third-order valence-corrected chi connectivity index (χ3v) is 4.07. The van der Waals surface area contributed by atoms with E-state index in [0.717, 1.165) is 20.8 Å². The van der Waals surface area contributed by atoms with E-state index in [4.69, 9.17) is 0 Å². The van der Waals surface area contributed by atoms with Gasteiger partial charge in [0.15, 0.2) is 4.34 Å². The summed E-state index contributed by atoms with van der Waals surface area (Å²) in [4.78, 5) is 4.36. The van der Waals surface area contributed by atoms with Crippen molar-refractivity contribution in [1.82, 2.24) is 15.2 Å². The number of hydrogen-bond acceptors (Lipinski definition) is 6. The standard InChI is InChI=1S/C7H7N3S3/c1-5-9-6(2-11-5)3-12-7-10-8-4-13-7/h2,4H,3H2,1H3. The lowest BCUT2D eigenvalue weighted by atomic mass is 10.6. The lowest BCUT2D eigenvalue weighted by molar-refractivity contribution is 1.01. The molecule has 0 amide bonds. The molecule has 2 heterocycles. The van der Waals surface area contributed by atoms with Gasteiger partial charge in [-0.15, -0.1) is 21.5 Å². The summed E-state index contributed by atoms with van der Waals surface area (Å²) < 4.78 is 1.01. The summed E-state index contributed by atoms with van der Waals surface area (Å²) in [6.45, 7) is 2.02. The highest BCUT2D eigenvalue weighted by molar-refractivity contribution is 8.00. The average Bonchev–Trinajstić information content (AvgIpc) is 2.71. The van der Waals surface area contributed by atoms with E-state index in [1.54, 1.807) is 39.9 Å². The first-order valence-electron chi connectivity index (χ1n) is 3.64. The molecule has 0 saturated heterocycles. The van der Waals surface area contributed by atoms with Crippen molar-refractivity contribution in [2.75, 3.05) is 0 Å². The Morgan fingerprint density at radius 1 is 1.46 bits per heavy atom. The maximum Gasteiger partial charge on any atom is 0.174 e. The smallest absolute Gasteiger partial charge is 0.174 e. The van der Waals surface area contributed by atoms with E-state index in [9.17, 15) is 0 Å². The minimum Gasteiger partial charge on any atom is -0.246 e. The molecule has 0 aromatic carbocycles. The number of thioether (sulfide) groups is 1. The highest BCUT2D eigenvalue weighted by Crippen LogP contribution is 2.23. The zero-order valence-electron chi connectivity index (χ0n) is 6.93. The van der Waals surface area contributed by atoms with Crippen molar-refractivity contribution < 1.29 is 0 Å². The van der Waals surface area contributed by atoms with Crippen LogP contribution in [-0.4, -0.2) is 15.2 Å². The second-order valence-corrected chi connectivity index (χ2v) is 5.47. The minimum atomic E-state index is 0.888. The molecule has 0 fully saturated rings. The van der Waals surface area contributed by atoms with Gasteiger partial charge < -0.3 is 0 Å². The summed E-state index contributed by atoms with van der Waals surface area (Å²) in [5, 5.41) is 10.9. The lowest BCUT2D eigenvalue weighted by Crippen LogP contribution is -1.80. The van der Waals surface area contributed by atoms with Gasteiger partial charge in [-0.1, -0.05) is 23.1 Å². The predicted octanol–water partition coefficient (Wildman–Crippen LogP) is 2.60. The van der Waals surface area contributed by atoms with Crippen LogP contribution in [-0.2, 0) is 5.75 Å². The second-order valence-electron chi connectivity index (χ2n) is 2.35. The summed E-state index contributed by atoms with van der Waals surface area (Å²) in [5.41, 5.74) is 2.87. The number of nitrogens with zero attached hydrogens (tertiary/aromatic N) is 3. The van der Waals surface area contributed by atoms with Crippen molar-refractivity contribution in [3.8, 4) is 0 Å². The van der Waals surface area contributed by atoms with E-state index in [1.165, 1.54) is 0 Å². The maximum absolute atomic E-state index is 4.36. The first kappa shape index (κ1) is 9.11. The highest BCUT2D eigenvalue weighted by atomic mass is 32.2. The topological polar surface area (TPSA) is 38.7 Å². The maximum atomic E-state index is 4.36. The van der Waals surface area contributed by atoms with Gasteiger partial charge in [0.25, 0.3) is 0 Å². The molecule has 3 nitrogen and oxygen atoms in total. The first-order valence-corrected chi connectivity index (χ1v) is 6.39. The van der Waals surface area contributed by atoms with Gasteiger partial charge in [-0.05, 0) is 6.92 Å². The van der Waals surface area contributed by atoms with Crippen LogP contribution >= 0.6 is 34.4 Å². The molecule has 68 valence electrons. The van der Waals surface area contributed by atoms with Gasteiger partial charge in [-0.25, -0.2) is 4.98 Å². The van der Waals surface area contributed by atoms with Gasteiger partial charge in [0.05, 0.1) is 10.7 Å². The Kier molecular flexibility index (Phi) is 2.92. The van der Waals surface area contributed by atoms with Crippen LogP contribution in [0.3, 0.4) is 0 Å². The molecule has 13 heavy (non-hydrogen) atoms. The van der Waals surface area contributed by atoms with Crippen molar-refractivity contribution >= 4 is 34.4 Å². The van der Waals surface area contributed by atoms with E-state index >= 15 is 0 Å². The molecule has 0 radical (unpaired) electrons. The monoisotopic (exact) mass is 229 g/mol. The van der Waals surface area contributed by atoms with Crippen LogP contribution in [0.1, 0.15) is 10.7 Å². The Morgan fingerprint density at radius 3 is 3.00 bits per heavy atom. The molecular weight excluding hydrogens is 222 g/mol.